The number of nitrogens with one attached hydrogen (secondary N) is 1. The molecule has 7 heteroatoms. The zero-order valence-corrected chi connectivity index (χ0v) is 16.3. The molecule has 2 aliphatic rings. The van der Waals surface area contributed by atoms with Gasteiger partial charge in [0.15, 0.2) is 5.76 Å². The molecule has 0 saturated heterocycles. The van der Waals surface area contributed by atoms with Crippen LogP contribution in [-0.4, -0.2) is 47.1 Å². The first-order chi connectivity index (χ1) is 14.1. The number of carboxylic acid groups (broad SMARTS) is 1. The second-order valence-electron chi connectivity index (χ2n) is 7.94. The van der Waals surface area contributed by atoms with Gasteiger partial charge in [0.1, 0.15) is 12.4 Å². The minimum atomic E-state index is -0.795. The van der Waals surface area contributed by atoms with Gasteiger partial charge in [-0.2, -0.15) is 0 Å². The first kappa shape index (κ1) is 19.5. The maximum atomic E-state index is 12.6. The number of nitrogens with zero attached hydrogens (tertiary/aromatic N) is 1. The summed E-state index contributed by atoms with van der Waals surface area (Å²) in [6, 6.07) is 11.4. The van der Waals surface area contributed by atoms with Crippen LogP contribution in [0.15, 0.2) is 47.1 Å². The van der Waals surface area contributed by atoms with E-state index in [-0.39, 0.29) is 36.9 Å². The van der Waals surface area contributed by atoms with E-state index in [9.17, 15) is 9.59 Å². The van der Waals surface area contributed by atoms with E-state index in [1.807, 2.05) is 30.3 Å². The molecule has 29 heavy (non-hydrogen) atoms. The molecule has 4 rings (SSSR count). The van der Waals surface area contributed by atoms with Crippen LogP contribution in [0.2, 0.25) is 0 Å². The Balaban J connectivity index is 1.27. The van der Waals surface area contributed by atoms with Gasteiger partial charge >= 0.3 is 5.97 Å². The number of ether oxygens (including phenoxy) is 1. The lowest BCUT2D eigenvalue weighted by atomic mass is 9.85. The normalized spacial score (nSPS) is 20.9. The van der Waals surface area contributed by atoms with Gasteiger partial charge in [0.25, 0.3) is 5.91 Å². The SMILES string of the molecule is O=C(O)CN(CC1CC1)C1CC(NC(=O)c2occc2COc2ccccc2)C1. The highest BCUT2D eigenvalue weighted by atomic mass is 16.5. The van der Waals surface area contributed by atoms with Gasteiger partial charge in [-0.3, -0.25) is 14.5 Å². The summed E-state index contributed by atoms with van der Waals surface area (Å²) < 4.78 is 11.1. The minimum absolute atomic E-state index is 0.0380. The predicted molar refractivity (Wildman–Crippen MR) is 106 cm³/mol. The summed E-state index contributed by atoms with van der Waals surface area (Å²) >= 11 is 0. The number of para-hydroxylation sites is 1. The van der Waals surface area contributed by atoms with Gasteiger partial charge in [0, 0.05) is 24.2 Å². The number of aliphatic carboxylic acids is 1. The van der Waals surface area contributed by atoms with Crippen molar-refractivity contribution in [3.05, 3.63) is 54.0 Å². The van der Waals surface area contributed by atoms with Crippen LogP contribution in [0, 0.1) is 5.92 Å². The molecule has 1 heterocycles. The molecule has 2 aliphatic carbocycles. The average molecular weight is 398 g/mol. The monoisotopic (exact) mass is 398 g/mol. The first-order valence-corrected chi connectivity index (χ1v) is 10.1. The fraction of sp³-hybridized carbons (Fsp3) is 0.455. The highest BCUT2D eigenvalue weighted by Gasteiger charge is 2.38. The molecule has 2 aromatic rings. The molecule has 0 radical (unpaired) electrons. The highest BCUT2D eigenvalue weighted by Crippen LogP contribution is 2.34. The molecule has 0 aliphatic heterocycles. The van der Waals surface area contributed by atoms with E-state index in [2.05, 4.69) is 10.2 Å². The van der Waals surface area contributed by atoms with E-state index in [0.29, 0.717) is 11.5 Å². The van der Waals surface area contributed by atoms with E-state index in [1.165, 1.54) is 19.1 Å². The van der Waals surface area contributed by atoms with Crippen molar-refractivity contribution in [3.63, 3.8) is 0 Å². The molecule has 0 spiro atoms. The maximum absolute atomic E-state index is 12.6. The Labute approximate surface area is 169 Å². The molecule has 0 unspecified atom stereocenters. The summed E-state index contributed by atoms with van der Waals surface area (Å²) in [5, 5.41) is 12.2. The van der Waals surface area contributed by atoms with E-state index in [4.69, 9.17) is 14.3 Å². The lowest BCUT2D eigenvalue weighted by Gasteiger charge is -2.42. The van der Waals surface area contributed by atoms with Crippen LogP contribution in [0.5, 0.6) is 5.75 Å². The average Bonchev–Trinajstić information content (AvgIpc) is 3.36. The van der Waals surface area contributed by atoms with Crippen molar-refractivity contribution in [1.29, 1.82) is 0 Å². The fourth-order valence-electron chi connectivity index (χ4n) is 3.73. The van der Waals surface area contributed by atoms with Crippen LogP contribution in [-0.2, 0) is 11.4 Å². The number of amides is 1. The van der Waals surface area contributed by atoms with Gasteiger partial charge in [-0.25, -0.2) is 0 Å². The molecule has 1 aromatic heterocycles. The predicted octanol–water partition coefficient (Wildman–Crippen LogP) is 2.92. The van der Waals surface area contributed by atoms with E-state index in [1.54, 1.807) is 6.07 Å². The third kappa shape index (κ3) is 5.17. The molecule has 2 N–H and O–H groups in total. The minimum Gasteiger partial charge on any atom is -0.489 e. The summed E-state index contributed by atoms with van der Waals surface area (Å²) in [5.41, 5.74) is 0.698. The Bertz CT molecular complexity index is 840. The van der Waals surface area contributed by atoms with Crippen molar-refractivity contribution in [3.8, 4) is 5.75 Å². The standard InChI is InChI=1S/C22H26N2O5/c25-20(26)13-24(12-15-6-7-15)18-10-17(11-18)23-22(27)21-16(8-9-28-21)14-29-19-4-2-1-3-5-19/h1-5,8-9,15,17-18H,6-7,10-14H2,(H,23,27)(H,25,26). The van der Waals surface area contributed by atoms with Crippen LogP contribution in [0.3, 0.4) is 0 Å². The van der Waals surface area contributed by atoms with Gasteiger partial charge in [0.2, 0.25) is 0 Å². The number of rotatable bonds is 10. The molecule has 7 nitrogen and oxygen atoms in total. The summed E-state index contributed by atoms with van der Waals surface area (Å²) in [6.07, 6.45) is 5.40. The van der Waals surface area contributed by atoms with E-state index in [0.717, 1.165) is 25.1 Å². The summed E-state index contributed by atoms with van der Waals surface area (Å²) in [5.74, 6) is 0.591. The van der Waals surface area contributed by atoms with Crippen molar-refractivity contribution in [1.82, 2.24) is 10.2 Å². The Kier molecular flexibility index (Phi) is 5.85. The Morgan fingerprint density at radius 1 is 1.17 bits per heavy atom. The summed E-state index contributed by atoms with van der Waals surface area (Å²) in [7, 11) is 0. The molecule has 0 atom stereocenters. The zero-order valence-electron chi connectivity index (χ0n) is 16.3. The molecule has 2 fully saturated rings. The molecule has 0 bridgehead atoms. The third-order valence-electron chi connectivity index (χ3n) is 5.58. The van der Waals surface area contributed by atoms with Crippen LogP contribution < -0.4 is 10.1 Å². The largest absolute Gasteiger partial charge is 0.489 e. The number of furan rings is 1. The number of carbonyl (C=O) groups is 2. The Morgan fingerprint density at radius 2 is 1.93 bits per heavy atom. The molecule has 1 amide bonds. The smallest absolute Gasteiger partial charge is 0.317 e. The lowest BCUT2D eigenvalue weighted by Crippen LogP contribution is -2.55. The van der Waals surface area contributed by atoms with Gasteiger partial charge in [-0.15, -0.1) is 0 Å². The molecule has 1 aromatic carbocycles. The van der Waals surface area contributed by atoms with Crippen LogP contribution in [0.1, 0.15) is 41.8 Å². The van der Waals surface area contributed by atoms with E-state index < -0.39 is 5.97 Å². The number of carboxylic acids is 1. The molecule has 2 saturated carbocycles. The van der Waals surface area contributed by atoms with Crippen molar-refractivity contribution < 1.29 is 23.8 Å². The van der Waals surface area contributed by atoms with Crippen molar-refractivity contribution in [2.45, 2.75) is 44.4 Å². The third-order valence-corrected chi connectivity index (χ3v) is 5.58. The van der Waals surface area contributed by atoms with Gasteiger partial charge < -0.3 is 19.6 Å². The number of hydrogen-bond acceptors (Lipinski definition) is 5. The van der Waals surface area contributed by atoms with Gasteiger partial charge in [-0.1, -0.05) is 18.2 Å². The molecule has 154 valence electrons. The van der Waals surface area contributed by atoms with Crippen LogP contribution in [0.25, 0.3) is 0 Å². The van der Waals surface area contributed by atoms with Crippen molar-refractivity contribution >= 4 is 11.9 Å². The Hall–Kier alpha value is -2.80. The molecular weight excluding hydrogens is 372 g/mol. The first-order valence-electron chi connectivity index (χ1n) is 10.1. The second kappa shape index (κ2) is 8.69. The van der Waals surface area contributed by atoms with Crippen LogP contribution >= 0.6 is 0 Å². The number of benzene rings is 1. The fourth-order valence-corrected chi connectivity index (χ4v) is 3.73. The number of carbonyl (C=O) groups excluding carboxylic acids is 1. The van der Waals surface area contributed by atoms with Crippen molar-refractivity contribution in [2.75, 3.05) is 13.1 Å². The Morgan fingerprint density at radius 3 is 2.62 bits per heavy atom. The van der Waals surface area contributed by atoms with Crippen molar-refractivity contribution in [2.24, 2.45) is 5.92 Å². The topological polar surface area (TPSA) is 92.0 Å². The van der Waals surface area contributed by atoms with Gasteiger partial charge in [0.05, 0.1) is 12.8 Å². The summed E-state index contributed by atoms with van der Waals surface area (Å²) in [4.78, 5) is 25.8. The lowest BCUT2D eigenvalue weighted by molar-refractivity contribution is -0.139. The maximum Gasteiger partial charge on any atom is 0.317 e. The quantitative estimate of drug-likeness (QED) is 0.639. The summed E-state index contributed by atoms with van der Waals surface area (Å²) in [6.45, 7) is 1.17. The number of hydrogen-bond donors (Lipinski definition) is 2. The zero-order chi connectivity index (χ0) is 20.2. The van der Waals surface area contributed by atoms with Crippen LogP contribution in [0.4, 0.5) is 0 Å². The molecular formula is C22H26N2O5. The highest BCUT2D eigenvalue weighted by molar-refractivity contribution is 5.93. The second-order valence-corrected chi connectivity index (χ2v) is 7.94. The van der Waals surface area contributed by atoms with E-state index >= 15 is 0 Å². The van der Waals surface area contributed by atoms with Gasteiger partial charge in [-0.05, 0) is 49.8 Å².